The Morgan fingerprint density at radius 2 is 1.27 bits per heavy atom. The minimum Gasteiger partial charge on any atom is -0.378 e. The zero-order valence-corrected chi connectivity index (χ0v) is 25.1. The number of pyridine rings is 2. The molecule has 3 heterocycles. The van der Waals surface area contributed by atoms with Crippen molar-refractivity contribution in [2.75, 3.05) is 38.0 Å². The second kappa shape index (κ2) is 9.95. The summed E-state index contributed by atoms with van der Waals surface area (Å²) in [5.41, 5.74) is 7.04. The molecule has 0 unspecified atom stereocenters. The van der Waals surface area contributed by atoms with Crippen molar-refractivity contribution in [2.45, 2.75) is 13.1 Å². The van der Waals surface area contributed by atoms with E-state index in [1.807, 2.05) is 18.5 Å². The topological polar surface area (TPSA) is 37.2 Å². The van der Waals surface area contributed by atoms with Crippen molar-refractivity contribution in [3.05, 3.63) is 103 Å². The summed E-state index contributed by atoms with van der Waals surface area (Å²) in [5, 5.41) is 5.02. The van der Waals surface area contributed by atoms with Gasteiger partial charge in [0.2, 0.25) is 0 Å². The summed E-state index contributed by atoms with van der Waals surface area (Å²) in [4.78, 5) is 13.9. The number of hydrogen-bond donors (Lipinski definition) is 0. The lowest BCUT2D eigenvalue weighted by Crippen LogP contribution is -2.54. The molecule has 0 saturated carbocycles. The van der Waals surface area contributed by atoms with Crippen LogP contribution in [0.1, 0.15) is 0 Å². The van der Waals surface area contributed by atoms with Gasteiger partial charge in [-0.15, -0.1) is 0 Å². The van der Waals surface area contributed by atoms with Crippen LogP contribution in [-0.4, -0.2) is 50.8 Å². The van der Waals surface area contributed by atoms with E-state index in [-0.39, 0.29) is 0 Å². The summed E-state index contributed by atoms with van der Waals surface area (Å²) in [6.07, 6.45) is 3.83. The van der Waals surface area contributed by atoms with Gasteiger partial charge in [0.1, 0.15) is 13.9 Å². The van der Waals surface area contributed by atoms with Crippen LogP contribution in [0.15, 0.2) is 103 Å². The zero-order valence-electron chi connectivity index (χ0n) is 24.1. The van der Waals surface area contributed by atoms with Gasteiger partial charge in [-0.05, 0) is 41.5 Å². The molecule has 0 spiro atoms. The molecule has 0 atom stereocenters. The van der Waals surface area contributed by atoms with Gasteiger partial charge < -0.3 is 9.80 Å². The molecule has 0 aliphatic carbocycles. The Bertz CT molecular complexity index is 1850. The molecule has 5 nitrogen and oxygen atoms in total. The fourth-order valence-electron chi connectivity index (χ4n) is 5.48. The first kappa shape index (κ1) is 25.8. The standard InChI is InChI=1S/C34H35N5Si/c1-37(2)26-16-18-35-33(22-26)39-31-13-8-7-12-29(31)30-15-14-25(21-32(30)39)24-10-9-11-28(20-24)40(5,6)34-23-27(38(3)4)17-19-36-34/h7-23H,1-6H3. The van der Waals surface area contributed by atoms with Gasteiger partial charge in [-0.2, -0.15) is 0 Å². The van der Waals surface area contributed by atoms with Crippen molar-refractivity contribution in [3.8, 4) is 16.9 Å². The molecule has 200 valence electrons. The number of benzene rings is 3. The van der Waals surface area contributed by atoms with Crippen LogP contribution in [-0.2, 0) is 0 Å². The molecule has 6 heteroatoms. The molecule has 0 fully saturated rings. The van der Waals surface area contributed by atoms with Crippen molar-refractivity contribution in [3.63, 3.8) is 0 Å². The third kappa shape index (κ3) is 4.44. The highest BCUT2D eigenvalue weighted by Crippen LogP contribution is 2.34. The highest BCUT2D eigenvalue weighted by Gasteiger charge is 2.28. The van der Waals surface area contributed by atoms with Gasteiger partial charge in [0.25, 0.3) is 0 Å². The van der Waals surface area contributed by atoms with E-state index in [0.29, 0.717) is 0 Å². The fourth-order valence-corrected chi connectivity index (χ4v) is 7.71. The predicted molar refractivity (Wildman–Crippen MR) is 174 cm³/mol. The summed E-state index contributed by atoms with van der Waals surface area (Å²) >= 11 is 0. The second-order valence-corrected chi connectivity index (χ2v) is 15.7. The number of rotatable bonds is 6. The number of aromatic nitrogens is 3. The van der Waals surface area contributed by atoms with Crippen LogP contribution >= 0.6 is 0 Å². The molecule has 6 rings (SSSR count). The Balaban J connectivity index is 1.50. The number of anilines is 2. The van der Waals surface area contributed by atoms with E-state index in [1.165, 1.54) is 38.1 Å². The first-order chi connectivity index (χ1) is 19.2. The summed E-state index contributed by atoms with van der Waals surface area (Å²) in [6.45, 7) is 4.77. The average Bonchev–Trinajstić information content (AvgIpc) is 3.31. The van der Waals surface area contributed by atoms with Crippen LogP contribution in [0.2, 0.25) is 13.1 Å². The first-order valence-corrected chi connectivity index (χ1v) is 16.7. The molecular formula is C34H35N5Si. The van der Waals surface area contributed by atoms with E-state index in [2.05, 4.69) is 141 Å². The van der Waals surface area contributed by atoms with Gasteiger partial charge in [0.15, 0.2) is 0 Å². The molecule has 6 aromatic rings. The Labute approximate surface area is 237 Å². The normalized spacial score (nSPS) is 11.8. The number of hydrogen-bond acceptors (Lipinski definition) is 4. The molecule has 0 aliphatic heterocycles. The molecule has 3 aromatic heterocycles. The highest BCUT2D eigenvalue weighted by molar-refractivity contribution is 7.00. The Morgan fingerprint density at radius 3 is 2.05 bits per heavy atom. The van der Waals surface area contributed by atoms with Crippen LogP contribution in [0.5, 0.6) is 0 Å². The van der Waals surface area contributed by atoms with Crippen molar-refractivity contribution in [1.29, 1.82) is 0 Å². The minimum atomic E-state index is -2.02. The summed E-state index contributed by atoms with van der Waals surface area (Å²) < 4.78 is 2.29. The van der Waals surface area contributed by atoms with Crippen molar-refractivity contribution in [2.24, 2.45) is 0 Å². The Hall–Kier alpha value is -4.42. The van der Waals surface area contributed by atoms with E-state index < -0.39 is 8.07 Å². The third-order valence-electron chi connectivity index (χ3n) is 7.97. The third-order valence-corrected chi connectivity index (χ3v) is 11.3. The van der Waals surface area contributed by atoms with Crippen LogP contribution in [0.25, 0.3) is 38.8 Å². The molecule has 0 bridgehead atoms. The maximum atomic E-state index is 4.82. The number of nitrogens with zero attached hydrogens (tertiary/aromatic N) is 5. The smallest absolute Gasteiger partial charge is 0.139 e. The molecule has 0 aliphatic rings. The fraction of sp³-hybridized carbons (Fsp3) is 0.176. The summed E-state index contributed by atoms with van der Waals surface area (Å²) in [6, 6.07) is 33.0. The van der Waals surface area contributed by atoms with Gasteiger partial charge >= 0.3 is 0 Å². The van der Waals surface area contributed by atoms with Gasteiger partial charge in [-0.25, -0.2) is 4.98 Å². The van der Waals surface area contributed by atoms with Crippen molar-refractivity contribution < 1.29 is 0 Å². The van der Waals surface area contributed by atoms with Gasteiger partial charge in [0.05, 0.1) is 11.0 Å². The molecule has 0 amide bonds. The lowest BCUT2D eigenvalue weighted by molar-refractivity contribution is 1.05. The predicted octanol–water partition coefficient (Wildman–Crippen LogP) is 6.20. The van der Waals surface area contributed by atoms with E-state index in [4.69, 9.17) is 9.97 Å². The van der Waals surface area contributed by atoms with Crippen molar-refractivity contribution >= 4 is 51.8 Å². The highest BCUT2D eigenvalue weighted by atomic mass is 28.3. The quantitative estimate of drug-likeness (QED) is 0.236. The van der Waals surface area contributed by atoms with Crippen molar-refractivity contribution in [1.82, 2.24) is 14.5 Å². The van der Waals surface area contributed by atoms with E-state index in [0.717, 1.165) is 22.5 Å². The molecule has 0 radical (unpaired) electrons. The first-order valence-electron chi connectivity index (χ1n) is 13.7. The number of para-hydroxylation sites is 1. The maximum absolute atomic E-state index is 4.82. The van der Waals surface area contributed by atoms with Gasteiger partial charge in [0, 0.05) is 74.1 Å². The van der Waals surface area contributed by atoms with E-state index in [9.17, 15) is 0 Å². The van der Waals surface area contributed by atoms with Crippen LogP contribution < -0.4 is 20.3 Å². The molecular weight excluding hydrogens is 506 g/mol. The Morgan fingerprint density at radius 1 is 0.600 bits per heavy atom. The number of fused-ring (bicyclic) bond motifs is 3. The van der Waals surface area contributed by atoms with Crippen LogP contribution in [0.3, 0.4) is 0 Å². The molecule has 0 saturated heterocycles. The summed E-state index contributed by atoms with van der Waals surface area (Å²) in [5.74, 6) is 0.920. The monoisotopic (exact) mass is 541 g/mol. The van der Waals surface area contributed by atoms with Crippen LogP contribution in [0.4, 0.5) is 11.4 Å². The molecule has 3 aromatic carbocycles. The molecule has 40 heavy (non-hydrogen) atoms. The largest absolute Gasteiger partial charge is 0.378 e. The van der Waals surface area contributed by atoms with E-state index in [1.54, 1.807) is 0 Å². The second-order valence-electron chi connectivity index (χ2n) is 11.4. The lowest BCUT2D eigenvalue weighted by atomic mass is 10.0. The maximum Gasteiger partial charge on any atom is 0.139 e. The zero-order chi connectivity index (χ0) is 28.0. The minimum absolute atomic E-state index is 0.920. The average molecular weight is 542 g/mol. The Kier molecular flexibility index (Phi) is 6.43. The van der Waals surface area contributed by atoms with Gasteiger partial charge in [-0.1, -0.05) is 72.9 Å². The summed E-state index contributed by atoms with van der Waals surface area (Å²) in [7, 11) is 6.27. The van der Waals surface area contributed by atoms with E-state index >= 15 is 0 Å². The SMILES string of the molecule is CN(C)c1ccnc(-n2c3ccccc3c3ccc(-c4cccc([Si](C)(C)c5cc(N(C)C)ccn5)c4)cc32)c1. The van der Waals surface area contributed by atoms with Crippen LogP contribution in [0, 0.1) is 0 Å². The van der Waals surface area contributed by atoms with Gasteiger partial charge in [-0.3, -0.25) is 9.55 Å². The lowest BCUT2D eigenvalue weighted by Gasteiger charge is -2.24. The molecule has 0 N–H and O–H groups in total.